The molecule has 0 aliphatic rings. The van der Waals surface area contributed by atoms with Crippen LogP contribution in [0.2, 0.25) is 5.02 Å². The molecule has 0 saturated carbocycles. The fourth-order valence-corrected chi connectivity index (χ4v) is 1.91. The van der Waals surface area contributed by atoms with E-state index in [-0.39, 0.29) is 10.8 Å². The highest BCUT2D eigenvalue weighted by molar-refractivity contribution is 6.30. The number of halogens is 2. The van der Waals surface area contributed by atoms with Gasteiger partial charge in [0, 0.05) is 12.6 Å². The minimum absolute atomic E-state index is 0.182. The van der Waals surface area contributed by atoms with Crippen LogP contribution in [0.3, 0.4) is 0 Å². The maximum absolute atomic E-state index is 13.2. The molecule has 1 aromatic carbocycles. The monoisotopic (exact) mass is 257 g/mol. The zero-order chi connectivity index (χ0) is 12.8. The summed E-state index contributed by atoms with van der Waals surface area (Å²) in [5.41, 5.74) is 0.933. The van der Waals surface area contributed by atoms with Crippen molar-refractivity contribution in [1.29, 1.82) is 0 Å². The lowest BCUT2D eigenvalue weighted by molar-refractivity contribution is 0.412. The van der Waals surface area contributed by atoms with E-state index in [1.54, 1.807) is 6.07 Å². The maximum atomic E-state index is 13.2. The maximum Gasteiger partial charge on any atom is 0.142 e. The van der Waals surface area contributed by atoms with Gasteiger partial charge in [0.15, 0.2) is 0 Å². The molecule has 0 aromatic heterocycles. The highest BCUT2D eigenvalue weighted by Gasteiger charge is 2.07. The molecule has 0 heterocycles. The molecular formula is C14H21ClFN. The van der Waals surface area contributed by atoms with Crippen LogP contribution in [0, 0.1) is 11.7 Å². The SMILES string of the molecule is CCC(C)CC(C)NCc1ccc(Cl)c(F)c1. The molecule has 0 aliphatic carbocycles. The summed E-state index contributed by atoms with van der Waals surface area (Å²) in [7, 11) is 0. The van der Waals surface area contributed by atoms with E-state index in [1.807, 2.05) is 6.07 Å². The third kappa shape index (κ3) is 5.05. The summed E-state index contributed by atoms with van der Waals surface area (Å²) in [6.45, 7) is 7.30. The molecule has 0 radical (unpaired) electrons. The van der Waals surface area contributed by atoms with Crippen molar-refractivity contribution in [3.8, 4) is 0 Å². The standard InChI is InChI=1S/C14H21ClFN/c1-4-10(2)7-11(3)17-9-12-5-6-13(15)14(16)8-12/h5-6,8,10-11,17H,4,7,9H2,1-3H3. The molecule has 0 saturated heterocycles. The van der Waals surface area contributed by atoms with Crippen molar-refractivity contribution in [3.63, 3.8) is 0 Å². The summed E-state index contributed by atoms with van der Waals surface area (Å²) in [5, 5.41) is 3.58. The Morgan fingerprint density at radius 3 is 2.65 bits per heavy atom. The molecule has 2 atom stereocenters. The first-order valence-corrected chi connectivity index (χ1v) is 6.58. The molecule has 0 amide bonds. The highest BCUT2D eigenvalue weighted by Crippen LogP contribution is 2.16. The molecule has 0 bridgehead atoms. The van der Waals surface area contributed by atoms with Crippen LogP contribution in [-0.4, -0.2) is 6.04 Å². The van der Waals surface area contributed by atoms with Crippen LogP contribution in [0.4, 0.5) is 4.39 Å². The van der Waals surface area contributed by atoms with Gasteiger partial charge in [-0.15, -0.1) is 0 Å². The first-order valence-electron chi connectivity index (χ1n) is 6.20. The van der Waals surface area contributed by atoms with E-state index in [2.05, 4.69) is 26.1 Å². The van der Waals surface area contributed by atoms with Gasteiger partial charge in [0.2, 0.25) is 0 Å². The molecule has 0 fully saturated rings. The van der Waals surface area contributed by atoms with Crippen molar-refractivity contribution in [2.45, 2.75) is 46.2 Å². The molecule has 96 valence electrons. The Bertz CT molecular complexity index is 354. The van der Waals surface area contributed by atoms with Gasteiger partial charge in [-0.3, -0.25) is 0 Å². The molecule has 17 heavy (non-hydrogen) atoms. The summed E-state index contributed by atoms with van der Waals surface area (Å²) < 4.78 is 13.2. The van der Waals surface area contributed by atoms with Crippen LogP contribution in [0.1, 0.15) is 39.2 Å². The Morgan fingerprint density at radius 2 is 2.06 bits per heavy atom. The summed E-state index contributed by atoms with van der Waals surface area (Å²) in [5.74, 6) is 0.375. The second kappa shape index (κ2) is 6.97. The van der Waals surface area contributed by atoms with E-state index in [0.717, 1.165) is 17.9 Å². The molecular weight excluding hydrogens is 237 g/mol. The fraction of sp³-hybridized carbons (Fsp3) is 0.571. The van der Waals surface area contributed by atoms with Crippen LogP contribution < -0.4 is 5.32 Å². The Labute approximate surface area is 108 Å². The molecule has 0 spiro atoms. The number of benzene rings is 1. The predicted octanol–water partition coefficient (Wildman–Crippen LogP) is 4.39. The first kappa shape index (κ1) is 14.5. The molecule has 2 unspecified atom stereocenters. The van der Waals surface area contributed by atoms with Crippen molar-refractivity contribution in [1.82, 2.24) is 5.32 Å². The lowest BCUT2D eigenvalue weighted by atomic mass is 10.0. The van der Waals surface area contributed by atoms with Gasteiger partial charge in [-0.2, -0.15) is 0 Å². The van der Waals surface area contributed by atoms with Crippen molar-refractivity contribution in [3.05, 3.63) is 34.6 Å². The quantitative estimate of drug-likeness (QED) is 0.797. The minimum Gasteiger partial charge on any atom is -0.310 e. The zero-order valence-corrected chi connectivity index (χ0v) is 11.5. The molecule has 0 aliphatic heterocycles. The fourth-order valence-electron chi connectivity index (χ4n) is 1.80. The van der Waals surface area contributed by atoms with Crippen LogP contribution in [0.15, 0.2) is 18.2 Å². The summed E-state index contributed by atoms with van der Waals surface area (Å²) in [4.78, 5) is 0. The molecule has 1 nitrogen and oxygen atoms in total. The van der Waals surface area contributed by atoms with Crippen LogP contribution in [0.25, 0.3) is 0 Å². The van der Waals surface area contributed by atoms with E-state index in [0.29, 0.717) is 12.6 Å². The molecule has 3 heteroatoms. The average molecular weight is 258 g/mol. The van der Waals surface area contributed by atoms with Crippen molar-refractivity contribution >= 4 is 11.6 Å². The summed E-state index contributed by atoms with van der Waals surface area (Å²) in [6, 6.07) is 5.40. The first-order chi connectivity index (χ1) is 8.02. The van der Waals surface area contributed by atoms with E-state index in [9.17, 15) is 4.39 Å². The van der Waals surface area contributed by atoms with Gasteiger partial charge >= 0.3 is 0 Å². The highest BCUT2D eigenvalue weighted by atomic mass is 35.5. The summed E-state index contributed by atoms with van der Waals surface area (Å²) >= 11 is 5.64. The van der Waals surface area contributed by atoms with Gasteiger partial charge in [0.25, 0.3) is 0 Å². The van der Waals surface area contributed by atoms with Crippen molar-refractivity contribution in [2.75, 3.05) is 0 Å². The van der Waals surface area contributed by atoms with Crippen LogP contribution >= 0.6 is 11.6 Å². The van der Waals surface area contributed by atoms with E-state index < -0.39 is 0 Å². The lowest BCUT2D eigenvalue weighted by Crippen LogP contribution is -2.27. The second-order valence-corrected chi connectivity index (χ2v) is 5.19. The van der Waals surface area contributed by atoms with Gasteiger partial charge in [0.1, 0.15) is 5.82 Å². The Balaban J connectivity index is 2.42. The van der Waals surface area contributed by atoms with Gasteiger partial charge < -0.3 is 5.32 Å². The number of hydrogen-bond donors (Lipinski definition) is 1. The normalized spacial score (nSPS) is 14.6. The third-order valence-electron chi connectivity index (χ3n) is 3.09. The Morgan fingerprint density at radius 1 is 1.35 bits per heavy atom. The molecule has 1 aromatic rings. The van der Waals surface area contributed by atoms with Crippen LogP contribution in [-0.2, 0) is 6.54 Å². The van der Waals surface area contributed by atoms with Crippen molar-refractivity contribution in [2.24, 2.45) is 5.92 Å². The number of hydrogen-bond acceptors (Lipinski definition) is 1. The molecule has 1 N–H and O–H groups in total. The van der Waals surface area contributed by atoms with E-state index in [1.165, 1.54) is 12.5 Å². The largest absolute Gasteiger partial charge is 0.310 e. The average Bonchev–Trinajstić information content (AvgIpc) is 2.30. The second-order valence-electron chi connectivity index (χ2n) is 4.78. The minimum atomic E-state index is -0.347. The smallest absolute Gasteiger partial charge is 0.142 e. The van der Waals surface area contributed by atoms with Gasteiger partial charge in [-0.25, -0.2) is 4.39 Å². The van der Waals surface area contributed by atoms with Crippen molar-refractivity contribution < 1.29 is 4.39 Å². The van der Waals surface area contributed by atoms with E-state index in [4.69, 9.17) is 11.6 Å². The topological polar surface area (TPSA) is 12.0 Å². The number of nitrogens with one attached hydrogen (secondary N) is 1. The Kier molecular flexibility index (Phi) is 5.93. The Hall–Kier alpha value is -0.600. The summed E-state index contributed by atoms with van der Waals surface area (Å²) in [6.07, 6.45) is 2.34. The van der Waals surface area contributed by atoms with Gasteiger partial charge in [0.05, 0.1) is 5.02 Å². The number of rotatable bonds is 6. The van der Waals surface area contributed by atoms with E-state index >= 15 is 0 Å². The third-order valence-corrected chi connectivity index (χ3v) is 3.40. The van der Waals surface area contributed by atoms with Gasteiger partial charge in [-0.05, 0) is 37.0 Å². The predicted molar refractivity (Wildman–Crippen MR) is 71.8 cm³/mol. The zero-order valence-electron chi connectivity index (χ0n) is 10.8. The van der Waals surface area contributed by atoms with Crippen LogP contribution in [0.5, 0.6) is 0 Å². The lowest BCUT2D eigenvalue weighted by Gasteiger charge is -2.17. The molecule has 1 rings (SSSR count). The van der Waals surface area contributed by atoms with Gasteiger partial charge in [-0.1, -0.05) is 37.9 Å².